The fourth-order valence-electron chi connectivity index (χ4n) is 6.30. The van der Waals surface area contributed by atoms with E-state index >= 15 is 0 Å². The molecule has 0 radical (unpaired) electrons. The fraction of sp³-hybridized carbons (Fsp3) is 0.766. The zero-order chi connectivity index (χ0) is 40.7. The zero-order valence-electron chi connectivity index (χ0n) is 36.1. The van der Waals surface area contributed by atoms with E-state index in [-0.39, 0.29) is 42.7 Å². The lowest BCUT2D eigenvalue weighted by Gasteiger charge is -2.34. The quantitative estimate of drug-likeness (QED) is 0.0201. The molecule has 0 aliphatic carbocycles. The molecule has 0 aliphatic rings. The Bertz CT molecular complexity index is 1040. The van der Waals surface area contributed by atoms with E-state index in [0.717, 1.165) is 70.6 Å². The van der Waals surface area contributed by atoms with Crippen LogP contribution < -0.4 is 5.11 Å². The number of carboxylic acid groups (broad SMARTS) is 1. The largest absolute Gasteiger partial charge is 0.544 e. The first-order valence-corrected chi connectivity index (χ1v) is 22.2. The number of hydrogen-bond acceptors (Lipinski definition) is 7. The van der Waals surface area contributed by atoms with E-state index in [1.54, 1.807) is 21.1 Å². The van der Waals surface area contributed by atoms with Crippen molar-refractivity contribution in [2.24, 2.45) is 0 Å². The second-order valence-corrected chi connectivity index (χ2v) is 16.0. The Kier molecular flexibility index (Phi) is 36.3. The number of carbonyl (C=O) groups is 3. The molecule has 0 saturated carbocycles. The second-order valence-electron chi connectivity index (χ2n) is 16.0. The van der Waals surface area contributed by atoms with Crippen LogP contribution in [0.1, 0.15) is 181 Å². The van der Waals surface area contributed by atoms with Crippen molar-refractivity contribution in [3.8, 4) is 0 Å². The summed E-state index contributed by atoms with van der Waals surface area (Å²) < 4.78 is 17.1. The number of esters is 2. The van der Waals surface area contributed by atoms with E-state index in [1.165, 1.54) is 77.0 Å². The molecule has 8 heteroatoms. The van der Waals surface area contributed by atoms with Crippen LogP contribution in [0.5, 0.6) is 0 Å². The lowest BCUT2D eigenvalue weighted by Crippen LogP contribution is -2.55. The molecule has 0 aliphatic heterocycles. The second kappa shape index (κ2) is 38.2. The summed E-state index contributed by atoms with van der Waals surface area (Å²) >= 11 is 0. The smallest absolute Gasteiger partial charge is 0.306 e. The summed E-state index contributed by atoms with van der Waals surface area (Å²) in [6.07, 6.45) is 44.1. The average Bonchev–Trinajstić information content (AvgIpc) is 3.14. The van der Waals surface area contributed by atoms with Crippen LogP contribution >= 0.6 is 0 Å². The molecule has 0 aromatic rings. The average molecular weight is 774 g/mol. The van der Waals surface area contributed by atoms with Crippen molar-refractivity contribution in [1.82, 2.24) is 0 Å². The van der Waals surface area contributed by atoms with Gasteiger partial charge in [-0.05, 0) is 57.8 Å². The summed E-state index contributed by atoms with van der Waals surface area (Å²) in [4.78, 5) is 36.8. The number of hydrogen-bond donors (Lipinski definition) is 0. The van der Waals surface area contributed by atoms with Crippen molar-refractivity contribution in [3.05, 3.63) is 48.6 Å². The SMILES string of the molecule is CC/C=C/C=C/C=C/CCCCCCCCCC(=O)OC(COCCC(C(=O)[O-])[N+](C)(C)C)COC(=O)CCCCCCC/C=C/CCCCCCCCC. The lowest BCUT2D eigenvalue weighted by molar-refractivity contribution is -0.889. The number of ether oxygens (including phenoxy) is 3. The van der Waals surface area contributed by atoms with Crippen molar-refractivity contribution in [2.75, 3.05) is 41.0 Å². The Hall–Kier alpha value is -2.71. The first-order valence-electron chi connectivity index (χ1n) is 22.2. The van der Waals surface area contributed by atoms with E-state index < -0.39 is 18.1 Å². The molecule has 318 valence electrons. The van der Waals surface area contributed by atoms with Gasteiger partial charge in [0.15, 0.2) is 6.10 Å². The molecular weight excluding hydrogens is 691 g/mol. The van der Waals surface area contributed by atoms with Gasteiger partial charge >= 0.3 is 11.9 Å². The molecule has 0 rings (SSSR count). The standard InChI is InChI=1S/C47H83NO7/c1-6-8-10-12-14-16-18-20-22-24-25-27-29-31-33-35-37-45(49)54-42-43(41-53-40-39-44(47(51)52)48(3,4)5)55-46(50)38-36-34-32-30-28-26-23-21-19-17-15-13-11-9-7-2/h9,11,13,15,17,19,22,24,43-44H,6-8,10,12,14,16,18,20-21,23,25-42H2,1-5H3/b11-9+,15-13+,19-17+,24-22+. The molecule has 0 bridgehead atoms. The van der Waals surface area contributed by atoms with E-state index in [2.05, 4.69) is 62.5 Å². The van der Waals surface area contributed by atoms with Crippen LogP contribution in [0.4, 0.5) is 0 Å². The number of aliphatic carboxylic acids is 1. The predicted molar refractivity (Wildman–Crippen MR) is 226 cm³/mol. The molecule has 55 heavy (non-hydrogen) atoms. The summed E-state index contributed by atoms with van der Waals surface area (Å²) in [5.74, 6) is -1.76. The highest BCUT2D eigenvalue weighted by Gasteiger charge is 2.25. The van der Waals surface area contributed by atoms with Gasteiger partial charge in [-0.3, -0.25) is 9.59 Å². The molecule has 8 nitrogen and oxygen atoms in total. The minimum atomic E-state index is -1.13. The number of rotatable bonds is 39. The minimum absolute atomic E-state index is 0.0325. The Morgan fingerprint density at radius 2 is 1.04 bits per heavy atom. The lowest BCUT2D eigenvalue weighted by atomic mass is 10.1. The number of unbranched alkanes of at least 4 members (excludes halogenated alkanes) is 19. The number of likely N-dealkylation sites (N-methyl/N-ethyl adjacent to an activating group) is 1. The summed E-state index contributed by atoms with van der Waals surface area (Å²) in [6.45, 7) is 4.51. The maximum absolute atomic E-state index is 12.7. The third-order valence-electron chi connectivity index (χ3n) is 9.76. The van der Waals surface area contributed by atoms with Gasteiger partial charge in [0, 0.05) is 19.3 Å². The highest BCUT2D eigenvalue weighted by molar-refractivity contribution is 5.70. The van der Waals surface area contributed by atoms with Crippen LogP contribution in [0.3, 0.4) is 0 Å². The monoisotopic (exact) mass is 774 g/mol. The van der Waals surface area contributed by atoms with Gasteiger partial charge in [-0.2, -0.15) is 0 Å². The molecule has 0 heterocycles. The summed E-state index contributed by atoms with van der Waals surface area (Å²) in [6, 6.07) is -0.729. The summed E-state index contributed by atoms with van der Waals surface area (Å²) in [7, 11) is 5.40. The van der Waals surface area contributed by atoms with Gasteiger partial charge in [-0.15, -0.1) is 0 Å². The number of carboxylic acids is 1. The molecule has 2 atom stereocenters. The van der Waals surface area contributed by atoms with Crippen LogP contribution in [0.2, 0.25) is 0 Å². The van der Waals surface area contributed by atoms with Gasteiger partial charge < -0.3 is 28.6 Å². The normalized spacial score (nSPS) is 13.4. The van der Waals surface area contributed by atoms with Gasteiger partial charge in [-0.25, -0.2) is 0 Å². The maximum Gasteiger partial charge on any atom is 0.306 e. The number of quaternary nitrogens is 1. The van der Waals surface area contributed by atoms with Crippen molar-refractivity contribution in [2.45, 2.75) is 193 Å². The van der Waals surface area contributed by atoms with E-state index in [1.807, 2.05) is 0 Å². The summed E-state index contributed by atoms with van der Waals surface area (Å²) in [5.41, 5.74) is 0. The zero-order valence-corrected chi connectivity index (χ0v) is 36.1. The van der Waals surface area contributed by atoms with Crippen LogP contribution in [-0.4, -0.2) is 75.5 Å². The van der Waals surface area contributed by atoms with Gasteiger partial charge in [0.25, 0.3) is 0 Å². The van der Waals surface area contributed by atoms with Crippen molar-refractivity contribution >= 4 is 17.9 Å². The third kappa shape index (κ3) is 36.7. The highest BCUT2D eigenvalue weighted by Crippen LogP contribution is 2.14. The molecule has 0 fully saturated rings. The van der Waals surface area contributed by atoms with Crippen LogP contribution in [0.25, 0.3) is 0 Å². The number of carbonyl (C=O) groups excluding carboxylic acids is 3. The molecule has 0 aromatic carbocycles. The molecule has 0 aromatic heterocycles. The van der Waals surface area contributed by atoms with Gasteiger partial charge in [-0.1, -0.05) is 152 Å². The first kappa shape index (κ1) is 52.3. The predicted octanol–water partition coefficient (Wildman–Crippen LogP) is 10.7. The molecule has 2 unspecified atom stereocenters. The van der Waals surface area contributed by atoms with Crippen molar-refractivity contribution in [1.29, 1.82) is 0 Å². The number of allylic oxidation sites excluding steroid dienone is 8. The van der Waals surface area contributed by atoms with E-state index in [9.17, 15) is 19.5 Å². The number of nitrogens with zero attached hydrogens (tertiary/aromatic N) is 1. The van der Waals surface area contributed by atoms with E-state index in [0.29, 0.717) is 12.8 Å². The van der Waals surface area contributed by atoms with Gasteiger partial charge in [0.05, 0.1) is 40.3 Å². The van der Waals surface area contributed by atoms with Crippen molar-refractivity contribution in [3.63, 3.8) is 0 Å². The van der Waals surface area contributed by atoms with Gasteiger partial charge in [0.1, 0.15) is 12.6 Å². The molecule has 0 amide bonds. The topological polar surface area (TPSA) is 102 Å². The van der Waals surface area contributed by atoms with Crippen LogP contribution in [-0.2, 0) is 28.6 Å². The molecular formula is C47H83NO7. The third-order valence-corrected chi connectivity index (χ3v) is 9.76. The molecule has 0 spiro atoms. The van der Waals surface area contributed by atoms with Crippen LogP contribution in [0.15, 0.2) is 48.6 Å². The fourth-order valence-corrected chi connectivity index (χ4v) is 6.30. The molecule has 0 saturated heterocycles. The highest BCUT2D eigenvalue weighted by atomic mass is 16.6. The maximum atomic E-state index is 12.7. The Morgan fingerprint density at radius 1 is 0.564 bits per heavy atom. The van der Waals surface area contributed by atoms with Crippen molar-refractivity contribution < 1.29 is 38.2 Å². The Balaban J connectivity index is 4.37. The summed E-state index contributed by atoms with van der Waals surface area (Å²) in [5, 5.41) is 11.6. The molecule has 0 N–H and O–H groups in total. The van der Waals surface area contributed by atoms with E-state index in [4.69, 9.17) is 14.2 Å². The van der Waals surface area contributed by atoms with Crippen LogP contribution in [0, 0.1) is 0 Å². The first-order chi connectivity index (χ1) is 26.6. The Labute approximate surface area is 337 Å². The minimum Gasteiger partial charge on any atom is -0.544 e. The Morgan fingerprint density at radius 3 is 1.55 bits per heavy atom. The van der Waals surface area contributed by atoms with Gasteiger partial charge in [0.2, 0.25) is 0 Å².